The number of aliphatic carboxylic acids is 1. The Bertz CT molecular complexity index is 390. The van der Waals surface area contributed by atoms with E-state index >= 15 is 0 Å². The Morgan fingerprint density at radius 1 is 0.778 bits per heavy atom. The van der Waals surface area contributed by atoms with E-state index in [9.17, 15) is 9.59 Å². The van der Waals surface area contributed by atoms with Crippen LogP contribution in [-0.2, 0) is 14.3 Å². The fourth-order valence-electron chi connectivity index (χ4n) is 3.04. The number of rotatable bonds is 19. The Hall–Kier alpha value is -1.32. The fraction of sp³-hybridized carbons (Fsp3) is 0.826. The molecule has 0 saturated carbocycles. The van der Waals surface area contributed by atoms with Gasteiger partial charge in [0.25, 0.3) is 0 Å². The van der Waals surface area contributed by atoms with Crippen molar-refractivity contribution in [3.05, 3.63) is 12.2 Å². The van der Waals surface area contributed by atoms with Gasteiger partial charge in [-0.05, 0) is 44.9 Å². The molecule has 4 nitrogen and oxygen atoms in total. The Balaban J connectivity index is 3.72. The van der Waals surface area contributed by atoms with Crippen molar-refractivity contribution in [2.75, 3.05) is 0 Å². The minimum absolute atomic E-state index is 0.115. The maximum atomic E-state index is 12.0. The number of carboxylic acids is 1. The van der Waals surface area contributed by atoms with Crippen molar-refractivity contribution in [3.63, 3.8) is 0 Å². The van der Waals surface area contributed by atoms with Gasteiger partial charge in [0.2, 0.25) is 0 Å². The van der Waals surface area contributed by atoms with E-state index in [1.165, 1.54) is 44.9 Å². The van der Waals surface area contributed by atoms with Crippen LogP contribution in [0.5, 0.6) is 0 Å². The summed E-state index contributed by atoms with van der Waals surface area (Å²) in [6.45, 7) is 4.32. The number of allylic oxidation sites excluding steroid dienone is 2. The van der Waals surface area contributed by atoms with Gasteiger partial charge in [-0.25, -0.2) is 0 Å². The molecule has 1 N–H and O–H groups in total. The van der Waals surface area contributed by atoms with E-state index in [1.807, 2.05) is 0 Å². The lowest BCUT2D eigenvalue weighted by atomic mass is 10.1. The van der Waals surface area contributed by atoms with E-state index < -0.39 is 5.97 Å². The highest BCUT2D eigenvalue weighted by molar-refractivity contribution is 5.69. The Kier molecular flexibility index (Phi) is 18.5. The molecule has 0 aromatic rings. The summed E-state index contributed by atoms with van der Waals surface area (Å²) < 4.78 is 5.59. The summed E-state index contributed by atoms with van der Waals surface area (Å²) in [5.74, 6) is -0.905. The number of unbranched alkanes of at least 4 members (excludes halogenated alkanes) is 8. The first kappa shape index (κ1) is 25.7. The number of carbonyl (C=O) groups is 2. The number of esters is 1. The molecule has 158 valence electrons. The molecule has 0 fully saturated rings. The maximum Gasteiger partial charge on any atom is 0.306 e. The van der Waals surface area contributed by atoms with E-state index in [4.69, 9.17) is 9.84 Å². The summed E-state index contributed by atoms with van der Waals surface area (Å²) in [5, 5.41) is 8.74. The summed E-state index contributed by atoms with van der Waals surface area (Å²) >= 11 is 0. The van der Waals surface area contributed by atoms with Crippen molar-refractivity contribution >= 4 is 11.9 Å². The van der Waals surface area contributed by atoms with Crippen molar-refractivity contribution in [1.82, 2.24) is 0 Å². The maximum absolute atomic E-state index is 12.0. The molecule has 0 aliphatic rings. The Morgan fingerprint density at radius 2 is 1.37 bits per heavy atom. The highest BCUT2D eigenvalue weighted by atomic mass is 16.5. The minimum atomic E-state index is -0.785. The monoisotopic (exact) mass is 382 g/mol. The van der Waals surface area contributed by atoms with Crippen molar-refractivity contribution in [1.29, 1.82) is 0 Å². The molecule has 0 aromatic heterocycles. The fourth-order valence-corrected chi connectivity index (χ4v) is 3.04. The first-order valence-corrected chi connectivity index (χ1v) is 11.2. The second-order valence-electron chi connectivity index (χ2n) is 7.46. The molecule has 0 radical (unpaired) electrons. The molecule has 0 saturated heterocycles. The zero-order valence-corrected chi connectivity index (χ0v) is 17.7. The topological polar surface area (TPSA) is 63.6 Å². The zero-order valence-electron chi connectivity index (χ0n) is 17.7. The average molecular weight is 383 g/mol. The molecule has 0 spiro atoms. The summed E-state index contributed by atoms with van der Waals surface area (Å²) in [7, 11) is 0. The standard InChI is InChI=1S/C23H42O4/c1-3-5-7-8-9-10-11-12-13-14-15-20-23(26)27-21(17-6-4-2)18-16-19-22(24)25/h8-9,21H,3-7,10-20H2,1-2H3,(H,24,25)/b9-8-. The van der Waals surface area contributed by atoms with Crippen LogP contribution in [0.4, 0.5) is 0 Å². The van der Waals surface area contributed by atoms with Gasteiger partial charge in [-0.3, -0.25) is 9.59 Å². The lowest BCUT2D eigenvalue weighted by molar-refractivity contribution is -0.150. The summed E-state index contributed by atoms with van der Waals surface area (Å²) in [5.41, 5.74) is 0. The molecule has 1 atom stereocenters. The predicted molar refractivity (Wildman–Crippen MR) is 112 cm³/mol. The van der Waals surface area contributed by atoms with Gasteiger partial charge in [0.15, 0.2) is 0 Å². The van der Waals surface area contributed by atoms with Gasteiger partial charge >= 0.3 is 11.9 Å². The van der Waals surface area contributed by atoms with Gasteiger partial charge in [0.1, 0.15) is 6.10 Å². The number of carboxylic acid groups (broad SMARTS) is 1. The van der Waals surface area contributed by atoms with Gasteiger partial charge in [0, 0.05) is 12.8 Å². The van der Waals surface area contributed by atoms with Crippen LogP contribution in [-0.4, -0.2) is 23.1 Å². The van der Waals surface area contributed by atoms with Gasteiger partial charge in [-0.15, -0.1) is 0 Å². The molecule has 0 heterocycles. The molecule has 0 aliphatic carbocycles. The second kappa shape index (κ2) is 19.4. The number of ether oxygens (including phenoxy) is 1. The minimum Gasteiger partial charge on any atom is -0.481 e. The molecular weight excluding hydrogens is 340 g/mol. The van der Waals surface area contributed by atoms with Gasteiger partial charge in [-0.2, -0.15) is 0 Å². The van der Waals surface area contributed by atoms with E-state index in [1.54, 1.807) is 0 Å². The Labute approximate surface area is 166 Å². The lowest BCUT2D eigenvalue weighted by Gasteiger charge is -2.17. The van der Waals surface area contributed by atoms with Crippen LogP contribution in [0.15, 0.2) is 12.2 Å². The molecule has 4 heteroatoms. The first-order valence-electron chi connectivity index (χ1n) is 11.2. The molecule has 0 aromatic carbocycles. The van der Waals surface area contributed by atoms with Crippen molar-refractivity contribution in [2.45, 2.75) is 123 Å². The largest absolute Gasteiger partial charge is 0.481 e. The van der Waals surface area contributed by atoms with Crippen molar-refractivity contribution < 1.29 is 19.4 Å². The molecule has 0 rings (SSSR count). The lowest BCUT2D eigenvalue weighted by Crippen LogP contribution is -2.18. The third kappa shape index (κ3) is 19.3. The number of hydrogen-bond acceptors (Lipinski definition) is 3. The molecule has 0 bridgehead atoms. The summed E-state index contributed by atoms with van der Waals surface area (Å²) in [6, 6.07) is 0. The third-order valence-electron chi connectivity index (χ3n) is 4.74. The molecular formula is C23H42O4. The molecule has 27 heavy (non-hydrogen) atoms. The predicted octanol–water partition coefficient (Wildman–Crippen LogP) is 6.82. The van der Waals surface area contributed by atoms with E-state index in [0.717, 1.165) is 32.1 Å². The summed E-state index contributed by atoms with van der Waals surface area (Å²) in [4.78, 5) is 22.7. The SMILES string of the molecule is CCCC/C=C\CCCCCCCC(=O)OC(CCCC)CCCC(=O)O. The highest BCUT2D eigenvalue weighted by Crippen LogP contribution is 2.15. The van der Waals surface area contributed by atoms with Gasteiger partial charge < -0.3 is 9.84 Å². The zero-order chi connectivity index (χ0) is 20.2. The van der Waals surface area contributed by atoms with E-state index in [-0.39, 0.29) is 18.5 Å². The second-order valence-corrected chi connectivity index (χ2v) is 7.46. The quantitative estimate of drug-likeness (QED) is 0.151. The molecule has 1 unspecified atom stereocenters. The normalized spacial score (nSPS) is 12.4. The Morgan fingerprint density at radius 3 is 2.04 bits per heavy atom. The van der Waals surface area contributed by atoms with E-state index in [2.05, 4.69) is 26.0 Å². The van der Waals surface area contributed by atoms with Crippen LogP contribution in [0.25, 0.3) is 0 Å². The van der Waals surface area contributed by atoms with Crippen LogP contribution in [0.2, 0.25) is 0 Å². The van der Waals surface area contributed by atoms with Crippen LogP contribution in [0, 0.1) is 0 Å². The van der Waals surface area contributed by atoms with Crippen LogP contribution in [0.3, 0.4) is 0 Å². The molecule has 0 aliphatic heterocycles. The molecule has 0 amide bonds. The van der Waals surface area contributed by atoms with Crippen LogP contribution < -0.4 is 0 Å². The van der Waals surface area contributed by atoms with Crippen molar-refractivity contribution in [2.24, 2.45) is 0 Å². The smallest absolute Gasteiger partial charge is 0.306 e. The van der Waals surface area contributed by atoms with E-state index in [0.29, 0.717) is 19.3 Å². The van der Waals surface area contributed by atoms with Crippen LogP contribution in [0.1, 0.15) is 117 Å². The average Bonchev–Trinajstić information content (AvgIpc) is 2.63. The first-order chi connectivity index (χ1) is 13.1. The van der Waals surface area contributed by atoms with Crippen LogP contribution >= 0.6 is 0 Å². The van der Waals surface area contributed by atoms with Gasteiger partial charge in [0.05, 0.1) is 0 Å². The van der Waals surface area contributed by atoms with Gasteiger partial charge in [-0.1, -0.05) is 70.9 Å². The summed E-state index contributed by atoms with van der Waals surface area (Å²) in [6.07, 6.45) is 19.8. The highest BCUT2D eigenvalue weighted by Gasteiger charge is 2.14. The van der Waals surface area contributed by atoms with Crippen molar-refractivity contribution in [3.8, 4) is 0 Å². The third-order valence-corrected chi connectivity index (χ3v) is 4.74. The number of carbonyl (C=O) groups excluding carboxylic acids is 1. The number of hydrogen-bond donors (Lipinski definition) is 1.